The summed E-state index contributed by atoms with van der Waals surface area (Å²) in [5.41, 5.74) is -1.32. The fourth-order valence-electron chi connectivity index (χ4n) is 2.60. The van der Waals surface area contributed by atoms with E-state index in [1.54, 1.807) is 0 Å². The zero-order valence-electron chi connectivity index (χ0n) is 9.51. The molecule has 1 aliphatic rings. The van der Waals surface area contributed by atoms with Gasteiger partial charge in [-0.25, -0.2) is 0 Å². The van der Waals surface area contributed by atoms with Crippen LogP contribution in [0.3, 0.4) is 0 Å². The van der Waals surface area contributed by atoms with Crippen LogP contribution < -0.4 is 0 Å². The summed E-state index contributed by atoms with van der Waals surface area (Å²) < 4.78 is 0. The summed E-state index contributed by atoms with van der Waals surface area (Å²) in [6.07, 6.45) is 4.64. The van der Waals surface area contributed by atoms with Crippen molar-refractivity contribution in [2.75, 3.05) is 0 Å². The number of hydrogen-bond acceptors (Lipinski definition) is 2. The van der Waals surface area contributed by atoms with Gasteiger partial charge in [0.2, 0.25) is 0 Å². The molecule has 0 heterocycles. The molecule has 80 valence electrons. The van der Waals surface area contributed by atoms with Gasteiger partial charge in [-0.2, -0.15) is 5.26 Å². The van der Waals surface area contributed by atoms with Gasteiger partial charge in [0, 0.05) is 0 Å². The number of rotatable bonds is 2. The third kappa shape index (κ3) is 1.79. The predicted molar refractivity (Wildman–Crippen MR) is 56.6 cm³/mol. The molecule has 1 aliphatic carbocycles. The van der Waals surface area contributed by atoms with E-state index in [1.165, 1.54) is 6.42 Å². The lowest BCUT2D eigenvalue weighted by Gasteiger charge is -2.44. The third-order valence-corrected chi connectivity index (χ3v) is 3.93. The molecular formula is C12H21NO. The van der Waals surface area contributed by atoms with Crippen molar-refractivity contribution in [2.45, 2.75) is 58.5 Å². The Bertz CT molecular complexity index is 241. The molecule has 0 amide bonds. The molecule has 2 nitrogen and oxygen atoms in total. The highest BCUT2D eigenvalue weighted by Crippen LogP contribution is 2.47. The second kappa shape index (κ2) is 3.90. The minimum absolute atomic E-state index is 0.501. The molecule has 2 heteroatoms. The molecule has 0 aliphatic heterocycles. The van der Waals surface area contributed by atoms with Gasteiger partial charge < -0.3 is 5.11 Å². The molecule has 3 unspecified atom stereocenters. The first-order chi connectivity index (χ1) is 6.47. The van der Waals surface area contributed by atoms with Crippen molar-refractivity contribution >= 4 is 0 Å². The van der Waals surface area contributed by atoms with E-state index < -0.39 is 11.0 Å². The molecule has 14 heavy (non-hydrogen) atoms. The second-order valence-electron chi connectivity index (χ2n) is 5.02. The Kier molecular flexibility index (Phi) is 3.21. The van der Waals surface area contributed by atoms with Crippen molar-refractivity contribution in [1.29, 1.82) is 5.26 Å². The van der Waals surface area contributed by atoms with Crippen LogP contribution in [0.1, 0.15) is 52.9 Å². The molecule has 0 spiro atoms. The zero-order valence-corrected chi connectivity index (χ0v) is 9.51. The Morgan fingerprint density at radius 3 is 2.71 bits per heavy atom. The van der Waals surface area contributed by atoms with Gasteiger partial charge in [-0.15, -0.1) is 0 Å². The van der Waals surface area contributed by atoms with Crippen molar-refractivity contribution < 1.29 is 5.11 Å². The summed E-state index contributed by atoms with van der Waals surface area (Å²) in [5.74, 6) is 0.571. The number of aliphatic hydroxyl groups is 1. The van der Waals surface area contributed by atoms with Crippen LogP contribution >= 0.6 is 0 Å². The Morgan fingerprint density at radius 2 is 2.29 bits per heavy atom. The summed E-state index contributed by atoms with van der Waals surface area (Å²) in [4.78, 5) is 0. The largest absolute Gasteiger partial charge is 0.389 e. The Labute approximate surface area is 86.9 Å². The maximum absolute atomic E-state index is 10.3. The van der Waals surface area contributed by atoms with Crippen LogP contribution in [-0.4, -0.2) is 10.7 Å². The highest BCUT2D eigenvalue weighted by atomic mass is 16.3. The molecule has 3 atom stereocenters. The van der Waals surface area contributed by atoms with Crippen LogP contribution in [0.15, 0.2) is 0 Å². The highest BCUT2D eigenvalue weighted by molar-refractivity contribution is 5.11. The highest BCUT2D eigenvalue weighted by Gasteiger charge is 2.48. The van der Waals surface area contributed by atoms with Gasteiger partial charge in [-0.1, -0.05) is 26.7 Å². The van der Waals surface area contributed by atoms with E-state index in [0.717, 1.165) is 19.3 Å². The molecule has 1 fully saturated rings. The lowest BCUT2D eigenvalue weighted by Crippen LogP contribution is -2.47. The van der Waals surface area contributed by atoms with Crippen molar-refractivity contribution in [3.05, 3.63) is 0 Å². The number of nitrogens with zero attached hydrogens (tertiary/aromatic N) is 1. The van der Waals surface area contributed by atoms with Crippen LogP contribution in [0.2, 0.25) is 0 Å². The summed E-state index contributed by atoms with van der Waals surface area (Å²) in [7, 11) is 0. The summed E-state index contributed by atoms with van der Waals surface area (Å²) in [6, 6.07) is 2.39. The predicted octanol–water partition coefficient (Wildman–Crippen LogP) is 2.87. The molecule has 0 aromatic carbocycles. The maximum Gasteiger partial charge on any atom is 0.0860 e. The zero-order chi connectivity index (χ0) is 10.8. The van der Waals surface area contributed by atoms with Crippen molar-refractivity contribution in [2.24, 2.45) is 11.3 Å². The van der Waals surface area contributed by atoms with E-state index >= 15 is 0 Å². The van der Waals surface area contributed by atoms with Gasteiger partial charge in [-0.05, 0) is 32.1 Å². The van der Waals surface area contributed by atoms with Crippen molar-refractivity contribution in [1.82, 2.24) is 0 Å². The molecule has 1 N–H and O–H groups in total. The van der Waals surface area contributed by atoms with E-state index in [-0.39, 0.29) is 0 Å². The maximum atomic E-state index is 10.3. The lowest BCUT2D eigenvalue weighted by molar-refractivity contribution is -0.0685. The van der Waals surface area contributed by atoms with E-state index in [4.69, 9.17) is 0 Å². The quantitative estimate of drug-likeness (QED) is 0.736. The first kappa shape index (κ1) is 11.5. The molecular weight excluding hydrogens is 174 g/mol. The van der Waals surface area contributed by atoms with Crippen LogP contribution in [0, 0.1) is 22.7 Å². The van der Waals surface area contributed by atoms with Crippen LogP contribution in [0.4, 0.5) is 0 Å². The normalized spacial score (nSPS) is 37.2. The van der Waals surface area contributed by atoms with Crippen LogP contribution in [-0.2, 0) is 0 Å². The van der Waals surface area contributed by atoms with Gasteiger partial charge in [-0.3, -0.25) is 0 Å². The summed E-state index contributed by atoms with van der Waals surface area (Å²) >= 11 is 0. The first-order valence-corrected chi connectivity index (χ1v) is 5.61. The summed E-state index contributed by atoms with van der Waals surface area (Å²) in [5, 5.41) is 19.6. The first-order valence-electron chi connectivity index (χ1n) is 5.61. The average molecular weight is 195 g/mol. The monoisotopic (exact) mass is 195 g/mol. The lowest BCUT2D eigenvalue weighted by atomic mass is 9.61. The molecule has 0 aromatic heterocycles. The topological polar surface area (TPSA) is 44.0 Å². The van der Waals surface area contributed by atoms with Crippen LogP contribution in [0.5, 0.6) is 0 Å². The SMILES string of the molecule is CCC(C)(O)C1(C#N)CCCC(C)C1. The minimum atomic E-state index is -0.823. The van der Waals surface area contributed by atoms with Crippen molar-refractivity contribution in [3.63, 3.8) is 0 Å². The fourth-order valence-corrected chi connectivity index (χ4v) is 2.60. The third-order valence-electron chi connectivity index (χ3n) is 3.93. The average Bonchev–Trinajstić information content (AvgIpc) is 2.17. The van der Waals surface area contributed by atoms with E-state index in [1.807, 2.05) is 13.8 Å². The molecule has 1 saturated carbocycles. The standard InChI is InChI=1S/C12H21NO/c1-4-11(3,14)12(9-13)7-5-6-10(2)8-12/h10,14H,4-8H2,1-3H3. The smallest absolute Gasteiger partial charge is 0.0860 e. The van der Waals surface area contributed by atoms with E-state index in [0.29, 0.717) is 12.3 Å². The Morgan fingerprint density at radius 1 is 1.64 bits per heavy atom. The van der Waals surface area contributed by atoms with Gasteiger partial charge >= 0.3 is 0 Å². The van der Waals surface area contributed by atoms with Gasteiger partial charge in [0.05, 0.1) is 17.1 Å². The van der Waals surface area contributed by atoms with Gasteiger partial charge in [0.15, 0.2) is 0 Å². The van der Waals surface area contributed by atoms with Crippen LogP contribution in [0.25, 0.3) is 0 Å². The Balaban J connectivity index is 2.92. The molecule has 1 rings (SSSR count). The molecule has 0 saturated heterocycles. The number of nitriles is 1. The van der Waals surface area contributed by atoms with Gasteiger partial charge in [0.25, 0.3) is 0 Å². The summed E-state index contributed by atoms with van der Waals surface area (Å²) in [6.45, 7) is 5.95. The second-order valence-corrected chi connectivity index (χ2v) is 5.02. The minimum Gasteiger partial charge on any atom is -0.389 e. The molecule has 0 aromatic rings. The van der Waals surface area contributed by atoms with Crippen molar-refractivity contribution in [3.8, 4) is 6.07 Å². The molecule has 0 bridgehead atoms. The molecule has 0 radical (unpaired) electrons. The van der Waals surface area contributed by atoms with Gasteiger partial charge in [0.1, 0.15) is 0 Å². The number of hydrogen-bond donors (Lipinski definition) is 1. The fraction of sp³-hybridized carbons (Fsp3) is 0.917. The Hall–Kier alpha value is -0.550. The van der Waals surface area contributed by atoms with E-state index in [9.17, 15) is 10.4 Å². The van der Waals surface area contributed by atoms with E-state index in [2.05, 4.69) is 13.0 Å².